The summed E-state index contributed by atoms with van der Waals surface area (Å²) in [6.45, 7) is 1.92. The van der Waals surface area contributed by atoms with Crippen molar-refractivity contribution in [2.75, 3.05) is 26.2 Å². The van der Waals surface area contributed by atoms with E-state index in [4.69, 9.17) is 0 Å². The van der Waals surface area contributed by atoms with Gasteiger partial charge in [-0.05, 0) is 31.2 Å². The lowest BCUT2D eigenvalue weighted by Crippen LogP contribution is -2.60. The fourth-order valence-corrected chi connectivity index (χ4v) is 4.83. The van der Waals surface area contributed by atoms with Gasteiger partial charge in [-0.15, -0.1) is 0 Å². The Morgan fingerprint density at radius 3 is 2.79 bits per heavy atom. The number of carbonyl (C=O) groups excluding carboxylic acids is 1. The molecular formula is C17H24F2N4O. The first kappa shape index (κ1) is 16.0. The lowest BCUT2D eigenvalue weighted by atomic mass is 9.76. The zero-order valence-electron chi connectivity index (χ0n) is 14.0. The summed E-state index contributed by atoms with van der Waals surface area (Å²) in [6.07, 6.45) is 7.81. The zero-order valence-corrected chi connectivity index (χ0v) is 14.0. The fourth-order valence-electron chi connectivity index (χ4n) is 4.83. The first-order valence-corrected chi connectivity index (χ1v) is 8.73. The van der Waals surface area contributed by atoms with Crippen LogP contribution in [0.1, 0.15) is 31.2 Å². The highest BCUT2D eigenvalue weighted by molar-refractivity contribution is 5.81. The fraction of sp³-hybridized carbons (Fsp3) is 0.765. The molecule has 0 bridgehead atoms. The van der Waals surface area contributed by atoms with E-state index in [1.807, 2.05) is 19.4 Å². The van der Waals surface area contributed by atoms with Gasteiger partial charge in [0.05, 0.1) is 19.3 Å². The maximum absolute atomic E-state index is 13.1. The maximum Gasteiger partial charge on any atom is 0.282 e. The molecule has 1 saturated carbocycles. The number of halogens is 2. The van der Waals surface area contributed by atoms with Crippen LogP contribution in [0.2, 0.25) is 0 Å². The first-order valence-electron chi connectivity index (χ1n) is 8.73. The second-order valence-corrected chi connectivity index (χ2v) is 7.84. The molecule has 132 valence electrons. The summed E-state index contributed by atoms with van der Waals surface area (Å²) in [5.41, 5.74) is 1.17. The summed E-state index contributed by atoms with van der Waals surface area (Å²) in [6, 6.07) is 0. The molecule has 1 aliphatic carbocycles. The van der Waals surface area contributed by atoms with Gasteiger partial charge in [0.25, 0.3) is 5.92 Å². The van der Waals surface area contributed by atoms with Crippen molar-refractivity contribution in [3.63, 3.8) is 0 Å². The Morgan fingerprint density at radius 1 is 1.33 bits per heavy atom. The molecule has 24 heavy (non-hydrogen) atoms. The van der Waals surface area contributed by atoms with Crippen LogP contribution < -0.4 is 0 Å². The third-order valence-electron chi connectivity index (χ3n) is 5.99. The number of hydrogen-bond donors (Lipinski definition) is 0. The van der Waals surface area contributed by atoms with Crippen molar-refractivity contribution in [2.45, 2.75) is 38.2 Å². The molecule has 1 amide bonds. The van der Waals surface area contributed by atoms with E-state index >= 15 is 0 Å². The number of amides is 1. The molecule has 2 atom stereocenters. The highest BCUT2D eigenvalue weighted by Crippen LogP contribution is 2.51. The predicted molar refractivity (Wildman–Crippen MR) is 84.4 cm³/mol. The van der Waals surface area contributed by atoms with Crippen LogP contribution in [-0.2, 0) is 18.4 Å². The van der Waals surface area contributed by atoms with E-state index in [2.05, 4.69) is 10.00 Å². The molecule has 0 N–H and O–H groups in total. The monoisotopic (exact) mass is 338 g/mol. The number of aromatic nitrogens is 2. The smallest absolute Gasteiger partial charge is 0.282 e. The molecule has 5 nitrogen and oxygen atoms in total. The zero-order chi connectivity index (χ0) is 16.9. The summed E-state index contributed by atoms with van der Waals surface area (Å²) in [4.78, 5) is 16.5. The van der Waals surface area contributed by atoms with Gasteiger partial charge >= 0.3 is 0 Å². The van der Waals surface area contributed by atoms with E-state index in [1.165, 1.54) is 10.5 Å². The molecule has 3 aliphatic rings. The van der Waals surface area contributed by atoms with Gasteiger partial charge in [-0.3, -0.25) is 14.4 Å². The molecule has 1 spiro atoms. The minimum atomic E-state index is -2.68. The van der Waals surface area contributed by atoms with Crippen LogP contribution in [0.3, 0.4) is 0 Å². The van der Waals surface area contributed by atoms with Crippen LogP contribution in [0.5, 0.6) is 0 Å². The highest BCUT2D eigenvalue weighted by Gasteiger charge is 2.55. The molecule has 2 aliphatic heterocycles. The summed E-state index contributed by atoms with van der Waals surface area (Å²) in [5, 5.41) is 4.20. The Kier molecular flexibility index (Phi) is 3.67. The summed E-state index contributed by atoms with van der Waals surface area (Å²) in [7, 11) is 1.91. The van der Waals surface area contributed by atoms with Gasteiger partial charge < -0.3 is 4.90 Å². The molecule has 0 aromatic carbocycles. The van der Waals surface area contributed by atoms with Crippen molar-refractivity contribution in [1.29, 1.82) is 0 Å². The van der Waals surface area contributed by atoms with E-state index in [0.29, 0.717) is 0 Å². The quantitative estimate of drug-likeness (QED) is 0.845. The number of alkyl halides is 2. The van der Waals surface area contributed by atoms with Gasteiger partial charge in [-0.1, -0.05) is 6.42 Å². The van der Waals surface area contributed by atoms with Crippen LogP contribution in [0, 0.1) is 11.3 Å². The molecule has 7 heteroatoms. The predicted octanol–water partition coefficient (Wildman–Crippen LogP) is 1.89. The second kappa shape index (κ2) is 5.51. The third kappa shape index (κ3) is 2.72. The molecule has 4 rings (SSSR count). The molecular weight excluding hydrogens is 314 g/mol. The number of rotatable bonds is 3. The van der Waals surface area contributed by atoms with Gasteiger partial charge in [-0.25, -0.2) is 8.78 Å². The van der Waals surface area contributed by atoms with Crippen LogP contribution >= 0.6 is 0 Å². The van der Waals surface area contributed by atoms with E-state index in [-0.39, 0.29) is 17.2 Å². The minimum absolute atomic E-state index is 0.00975. The van der Waals surface area contributed by atoms with Gasteiger partial charge in [0.1, 0.15) is 0 Å². The number of likely N-dealkylation sites (tertiary alicyclic amines) is 2. The number of carbonyl (C=O) groups is 1. The van der Waals surface area contributed by atoms with Gasteiger partial charge in [-0.2, -0.15) is 5.10 Å². The van der Waals surface area contributed by atoms with E-state index in [9.17, 15) is 13.6 Å². The topological polar surface area (TPSA) is 41.4 Å². The van der Waals surface area contributed by atoms with Crippen LogP contribution in [0.4, 0.5) is 8.78 Å². The Bertz CT molecular complexity index is 638. The molecule has 1 aromatic heterocycles. The normalized spacial score (nSPS) is 32.5. The largest absolute Gasteiger partial charge is 0.330 e. The van der Waals surface area contributed by atoms with Crippen molar-refractivity contribution in [1.82, 2.24) is 19.6 Å². The van der Waals surface area contributed by atoms with Crippen LogP contribution in [0.25, 0.3) is 0 Å². The average Bonchev–Trinajstić information content (AvgIpc) is 3.19. The van der Waals surface area contributed by atoms with E-state index < -0.39 is 19.0 Å². The Hall–Kier alpha value is -1.50. The summed E-state index contributed by atoms with van der Waals surface area (Å²) < 4.78 is 28.0. The Balaban J connectivity index is 1.41. The molecule has 3 fully saturated rings. The summed E-state index contributed by atoms with van der Waals surface area (Å²) >= 11 is 0. The average molecular weight is 338 g/mol. The lowest BCUT2D eigenvalue weighted by Gasteiger charge is -2.42. The van der Waals surface area contributed by atoms with Crippen LogP contribution in [-0.4, -0.2) is 57.6 Å². The summed E-state index contributed by atoms with van der Waals surface area (Å²) in [5.74, 6) is -2.79. The standard InChI is InChI=1S/C17H24F2N4O/c1-21-8-13(7-20-21)9-22-6-5-16(10-22)4-2-3-14(16)15(24)23-11-17(18,19)12-23/h7-8,14H,2-6,9-12H2,1H3/t14-,16+/m0/s1. The number of nitrogens with zero attached hydrogens (tertiary/aromatic N) is 4. The van der Waals surface area contributed by atoms with Crippen molar-refractivity contribution >= 4 is 5.91 Å². The van der Waals surface area contributed by atoms with Gasteiger partial charge in [0.2, 0.25) is 5.91 Å². The molecule has 0 unspecified atom stereocenters. The van der Waals surface area contributed by atoms with Gasteiger partial charge in [0.15, 0.2) is 0 Å². The van der Waals surface area contributed by atoms with Crippen molar-refractivity contribution in [3.8, 4) is 0 Å². The maximum atomic E-state index is 13.1. The van der Waals surface area contributed by atoms with Crippen LogP contribution in [0.15, 0.2) is 12.4 Å². The van der Waals surface area contributed by atoms with Crippen molar-refractivity contribution < 1.29 is 13.6 Å². The Labute approximate surface area is 140 Å². The SMILES string of the molecule is Cn1cc(CN2CC[C@]3(CCC[C@H]3C(=O)N3CC(F)(F)C3)C2)cn1. The third-order valence-corrected chi connectivity index (χ3v) is 5.99. The van der Waals surface area contributed by atoms with E-state index in [0.717, 1.165) is 45.3 Å². The molecule has 1 aromatic rings. The highest BCUT2D eigenvalue weighted by atomic mass is 19.3. The number of hydrogen-bond acceptors (Lipinski definition) is 3. The van der Waals surface area contributed by atoms with Gasteiger partial charge in [0, 0.05) is 37.8 Å². The molecule has 3 heterocycles. The van der Waals surface area contributed by atoms with Crippen molar-refractivity contribution in [2.24, 2.45) is 18.4 Å². The second-order valence-electron chi connectivity index (χ2n) is 7.84. The van der Waals surface area contributed by atoms with E-state index in [1.54, 1.807) is 4.68 Å². The first-order chi connectivity index (χ1) is 11.4. The Morgan fingerprint density at radius 2 is 2.12 bits per heavy atom. The van der Waals surface area contributed by atoms with Crippen molar-refractivity contribution in [3.05, 3.63) is 18.0 Å². The minimum Gasteiger partial charge on any atom is -0.330 e. The molecule has 0 radical (unpaired) electrons. The number of aryl methyl sites for hydroxylation is 1. The lowest BCUT2D eigenvalue weighted by molar-refractivity contribution is -0.172. The molecule has 2 saturated heterocycles.